The van der Waals surface area contributed by atoms with E-state index in [1.165, 1.54) is 6.42 Å². The molecular weight excluding hydrogens is 566 g/mol. The van der Waals surface area contributed by atoms with Crippen LogP contribution in [0.1, 0.15) is 83.5 Å². The first-order valence-electron chi connectivity index (χ1n) is 16.2. The second-order valence-corrected chi connectivity index (χ2v) is 15.5. The lowest BCUT2D eigenvalue weighted by atomic mass is 9.82. The molecule has 4 N–H and O–H groups in total. The van der Waals surface area contributed by atoms with E-state index in [0.717, 1.165) is 56.9 Å². The zero-order valence-corrected chi connectivity index (χ0v) is 27.1. The predicted octanol–water partition coefficient (Wildman–Crippen LogP) is 3.28. The standard InChI is InChI=1S/C33H55N3O6S/c1-4-11-30(37)31(38)28(21-25-14-9-6-10-15-25)34-33(40)29(22-26-16-17-26)35-32(39)27(20-24-12-7-5-8-13-24)23-43(41,42)19-18-36(2)3/h4-5,7,12,25-31,37-38H,1,6,8-11,13-23H2,2-3H3,(H,34,40)(H,35,39)/t27-,28+,29+,30+,31-/m1/s1. The topological polar surface area (TPSA) is 136 Å². The van der Waals surface area contributed by atoms with Crippen LogP contribution in [0.3, 0.4) is 0 Å². The van der Waals surface area contributed by atoms with Crippen molar-refractivity contribution in [3.05, 3.63) is 36.5 Å². The summed E-state index contributed by atoms with van der Waals surface area (Å²) in [6, 6.07) is -1.50. The SMILES string of the molecule is C=CC[C@H](O)[C@H](O)[C@H](CC1CCCCC1)NC(=O)[C@H](CC1CC1)NC(=O)[C@H](CC1=CC=CCC1)CS(=O)(=O)CCN(C)C. The van der Waals surface area contributed by atoms with Crippen molar-refractivity contribution in [3.8, 4) is 0 Å². The number of nitrogens with zero attached hydrogens (tertiary/aromatic N) is 1. The molecule has 2 fully saturated rings. The summed E-state index contributed by atoms with van der Waals surface area (Å²) in [5.41, 5.74) is 1.03. The monoisotopic (exact) mass is 621 g/mol. The number of aliphatic hydroxyl groups excluding tert-OH is 2. The number of sulfone groups is 1. The van der Waals surface area contributed by atoms with Crippen LogP contribution in [0.5, 0.6) is 0 Å². The Morgan fingerprint density at radius 2 is 1.74 bits per heavy atom. The summed E-state index contributed by atoms with van der Waals surface area (Å²) < 4.78 is 26.1. The van der Waals surface area contributed by atoms with E-state index in [1.807, 2.05) is 32.3 Å². The van der Waals surface area contributed by atoms with Crippen molar-refractivity contribution in [1.29, 1.82) is 0 Å². The molecule has 9 nitrogen and oxygen atoms in total. The van der Waals surface area contributed by atoms with Gasteiger partial charge in [-0.25, -0.2) is 8.42 Å². The number of rotatable bonds is 19. The van der Waals surface area contributed by atoms with Crippen LogP contribution in [0.15, 0.2) is 36.5 Å². The predicted molar refractivity (Wildman–Crippen MR) is 171 cm³/mol. The fourth-order valence-electron chi connectivity index (χ4n) is 6.21. The van der Waals surface area contributed by atoms with Crippen LogP contribution in [0.25, 0.3) is 0 Å². The van der Waals surface area contributed by atoms with Gasteiger partial charge in [-0.1, -0.05) is 74.8 Å². The number of nitrogens with one attached hydrogen (secondary N) is 2. The first-order chi connectivity index (χ1) is 20.5. The van der Waals surface area contributed by atoms with Crippen LogP contribution < -0.4 is 10.6 Å². The lowest BCUT2D eigenvalue weighted by Gasteiger charge is -2.33. The Hall–Kier alpha value is -2.01. The van der Waals surface area contributed by atoms with Gasteiger partial charge in [-0.15, -0.1) is 6.58 Å². The molecule has 0 saturated heterocycles. The minimum absolute atomic E-state index is 0.0392. The number of amides is 2. The van der Waals surface area contributed by atoms with Gasteiger partial charge in [0.25, 0.3) is 0 Å². The molecule has 0 bridgehead atoms. The fraction of sp³-hybridized carbons (Fsp3) is 0.758. The molecule has 3 aliphatic rings. The Labute approximate surface area is 259 Å². The minimum atomic E-state index is -3.52. The van der Waals surface area contributed by atoms with E-state index in [9.17, 15) is 28.2 Å². The molecule has 3 rings (SSSR count). The fourth-order valence-corrected chi connectivity index (χ4v) is 7.91. The zero-order valence-electron chi connectivity index (χ0n) is 26.3. The van der Waals surface area contributed by atoms with Gasteiger partial charge in [0.1, 0.15) is 12.1 Å². The molecule has 0 aliphatic heterocycles. The van der Waals surface area contributed by atoms with Gasteiger partial charge in [0.15, 0.2) is 9.84 Å². The van der Waals surface area contributed by atoms with E-state index in [4.69, 9.17) is 0 Å². The van der Waals surface area contributed by atoms with Crippen LogP contribution in [0.2, 0.25) is 0 Å². The molecule has 244 valence electrons. The van der Waals surface area contributed by atoms with Crippen molar-refractivity contribution < 1.29 is 28.2 Å². The molecular formula is C33H55N3O6S. The molecule has 43 heavy (non-hydrogen) atoms. The maximum Gasteiger partial charge on any atom is 0.242 e. The third kappa shape index (κ3) is 12.9. The first-order valence-corrected chi connectivity index (χ1v) is 18.1. The van der Waals surface area contributed by atoms with Gasteiger partial charge >= 0.3 is 0 Å². The lowest BCUT2D eigenvalue weighted by Crippen LogP contribution is -2.56. The number of allylic oxidation sites excluding steroid dienone is 4. The summed E-state index contributed by atoms with van der Waals surface area (Å²) >= 11 is 0. The van der Waals surface area contributed by atoms with Crippen LogP contribution in [-0.2, 0) is 19.4 Å². The van der Waals surface area contributed by atoms with Crippen LogP contribution in [-0.4, -0.2) is 91.8 Å². The molecule has 5 atom stereocenters. The highest BCUT2D eigenvalue weighted by Gasteiger charge is 2.36. The van der Waals surface area contributed by atoms with Gasteiger partial charge in [0.2, 0.25) is 11.8 Å². The average Bonchev–Trinajstić information content (AvgIpc) is 3.80. The minimum Gasteiger partial charge on any atom is -0.390 e. The van der Waals surface area contributed by atoms with Gasteiger partial charge < -0.3 is 25.7 Å². The van der Waals surface area contributed by atoms with E-state index in [0.29, 0.717) is 37.6 Å². The molecule has 10 heteroatoms. The molecule has 3 aliphatic carbocycles. The molecule has 0 aromatic carbocycles. The van der Waals surface area contributed by atoms with Crippen LogP contribution in [0, 0.1) is 17.8 Å². The van der Waals surface area contributed by atoms with E-state index < -0.39 is 46.0 Å². The molecule has 0 aromatic rings. The van der Waals surface area contributed by atoms with Crippen molar-refractivity contribution >= 4 is 21.7 Å². The highest BCUT2D eigenvalue weighted by Crippen LogP contribution is 2.34. The second-order valence-electron chi connectivity index (χ2n) is 13.3. The molecule has 2 amide bonds. The van der Waals surface area contributed by atoms with Gasteiger partial charge in [0.05, 0.1) is 29.6 Å². The number of carbonyl (C=O) groups is 2. The van der Waals surface area contributed by atoms with E-state index in [2.05, 4.69) is 17.2 Å². The van der Waals surface area contributed by atoms with Gasteiger partial charge in [-0.3, -0.25) is 9.59 Å². The molecule has 0 spiro atoms. The van der Waals surface area contributed by atoms with Crippen molar-refractivity contribution in [2.75, 3.05) is 32.1 Å². The highest BCUT2D eigenvalue weighted by atomic mass is 32.2. The summed E-state index contributed by atoms with van der Waals surface area (Å²) in [5.74, 6) is -1.28. The summed E-state index contributed by atoms with van der Waals surface area (Å²) in [6.45, 7) is 4.04. The number of hydrogen-bond acceptors (Lipinski definition) is 7. The van der Waals surface area contributed by atoms with Gasteiger partial charge in [-0.05, 0) is 64.5 Å². The molecule has 0 aromatic heterocycles. The van der Waals surface area contributed by atoms with Gasteiger partial charge in [0, 0.05) is 6.54 Å². The normalized spacial score (nSPS) is 21.4. The van der Waals surface area contributed by atoms with E-state index >= 15 is 0 Å². The molecule has 0 heterocycles. The van der Waals surface area contributed by atoms with Crippen molar-refractivity contribution in [2.24, 2.45) is 17.8 Å². The number of carbonyl (C=O) groups excluding carboxylic acids is 2. The quantitative estimate of drug-likeness (QED) is 0.163. The lowest BCUT2D eigenvalue weighted by molar-refractivity contribution is -0.132. The summed E-state index contributed by atoms with van der Waals surface area (Å²) in [4.78, 5) is 29.3. The maximum absolute atomic E-state index is 13.8. The summed E-state index contributed by atoms with van der Waals surface area (Å²) in [7, 11) is 0.111. The Bertz CT molecular complexity index is 1080. The Kier molecular flexibility index (Phi) is 14.4. The van der Waals surface area contributed by atoms with Gasteiger partial charge in [-0.2, -0.15) is 0 Å². The Morgan fingerprint density at radius 3 is 2.35 bits per heavy atom. The van der Waals surface area contributed by atoms with Crippen molar-refractivity contribution in [1.82, 2.24) is 15.5 Å². The molecule has 2 saturated carbocycles. The number of aliphatic hydroxyl groups is 2. The smallest absolute Gasteiger partial charge is 0.242 e. The largest absolute Gasteiger partial charge is 0.390 e. The number of hydrogen-bond donors (Lipinski definition) is 4. The Morgan fingerprint density at radius 1 is 1.05 bits per heavy atom. The van der Waals surface area contributed by atoms with Crippen molar-refractivity contribution in [2.45, 2.75) is 108 Å². The molecule has 0 unspecified atom stereocenters. The summed E-state index contributed by atoms with van der Waals surface area (Å²) in [5, 5.41) is 27.6. The Balaban J connectivity index is 1.76. The zero-order chi connectivity index (χ0) is 31.4. The second kappa shape index (κ2) is 17.5. The highest BCUT2D eigenvalue weighted by molar-refractivity contribution is 7.91. The van der Waals surface area contributed by atoms with Crippen molar-refractivity contribution in [3.63, 3.8) is 0 Å². The van der Waals surface area contributed by atoms with Crippen LogP contribution >= 0.6 is 0 Å². The average molecular weight is 622 g/mol. The van der Waals surface area contributed by atoms with E-state index in [1.54, 1.807) is 11.0 Å². The third-order valence-corrected chi connectivity index (χ3v) is 10.8. The van der Waals surface area contributed by atoms with E-state index in [-0.39, 0.29) is 23.8 Å². The van der Waals surface area contributed by atoms with Crippen LogP contribution in [0.4, 0.5) is 0 Å². The molecule has 0 radical (unpaired) electrons. The first kappa shape index (κ1) is 35.5. The maximum atomic E-state index is 13.8. The summed E-state index contributed by atoms with van der Waals surface area (Å²) in [6.07, 6.45) is 15.9. The third-order valence-electron chi connectivity index (χ3n) is 9.04.